The van der Waals surface area contributed by atoms with E-state index in [1.54, 1.807) is 12.0 Å². The third-order valence-electron chi connectivity index (χ3n) is 2.57. The lowest BCUT2D eigenvalue weighted by Crippen LogP contribution is -2.32. The molecule has 1 aromatic carbocycles. The Balaban J connectivity index is 2.98. The lowest BCUT2D eigenvalue weighted by molar-refractivity contribution is -0.118. The summed E-state index contributed by atoms with van der Waals surface area (Å²) < 4.78 is 5.28. The summed E-state index contributed by atoms with van der Waals surface area (Å²) in [6, 6.07) is 7.53. The van der Waals surface area contributed by atoms with E-state index in [-0.39, 0.29) is 5.91 Å². The van der Waals surface area contributed by atoms with Crippen molar-refractivity contribution < 1.29 is 9.53 Å². The van der Waals surface area contributed by atoms with Gasteiger partial charge in [-0.15, -0.1) is 0 Å². The molecule has 1 amide bonds. The van der Waals surface area contributed by atoms with Crippen molar-refractivity contribution in [1.29, 1.82) is 0 Å². The molecule has 2 N–H and O–H groups in total. The van der Waals surface area contributed by atoms with E-state index in [2.05, 4.69) is 0 Å². The van der Waals surface area contributed by atoms with E-state index < -0.39 is 0 Å². The van der Waals surface area contributed by atoms with Crippen LogP contribution in [0.3, 0.4) is 0 Å². The fourth-order valence-corrected chi connectivity index (χ4v) is 1.67. The zero-order valence-corrected chi connectivity index (χ0v) is 10.5. The van der Waals surface area contributed by atoms with Gasteiger partial charge in [0.2, 0.25) is 5.91 Å². The van der Waals surface area contributed by atoms with E-state index in [1.807, 2.05) is 31.2 Å². The average Bonchev–Trinajstić information content (AvgIpc) is 2.39. The molecule has 0 fully saturated rings. The van der Waals surface area contributed by atoms with Gasteiger partial charge in [-0.2, -0.15) is 0 Å². The van der Waals surface area contributed by atoms with Gasteiger partial charge in [0.15, 0.2) is 0 Å². The second-order valence-electron chi connectivity index (χ2n) is 3.71. The van der Waals surface area contributed by atoms with Crippen LogP contribution < -0.4 is 15.4 Å². The van der Waals surface area contributed by atoms with Crippen molar-refractivity contribution >= 4 is 11.6 Å². The van der Waals surface area contributed by atoms with Gasteiger partial charge in [-0.25, -0.2) is 0 Å². The van der Waals surface area contributed by atoms with Crippen LogP contribution >= 0.6 is 0 Å². The minimum Gasteiger partial charge on any atom is -0.495 e. The van der Waals surface area contributed by atoms with E-state index in [1.165, 1.54) is 0 Å². The van der Waals surface area contributed by atoms with E-state index in [0.29, 0.717) is 25.3 Å². The number of rotatable bonds is 6. The highest BCUT2D eigenvalue weighted by Crippen LogP contribution is 2.28. The van der Waals surface area contributed by atoms with Crippen LogP contribution in [0.4, 0.5) is 5.69 Å². The highest BCUT2D eigenvalue weighted by atomic mass is 16.5. The monoisotopic (exact) mass is 236 g/mol. The molecule has 17 heavy (non-hydrogen) atoms. The maximum Gasteiger partial charge on any atom is 0.226 e. The summed E-state index contributed by atoms with van der Waals surface area (Å²) in [5.74, 6) is 0.800. The second-order valence-corrected chi connectivity index (χ2v) is 3.71. The predicted octanol–water partition coefficient (Wildman–Crippen LogP) is 1.79. The number of ether oxygens (including phenoxy) is 1. The van der Waals surface area contributed by atoms with Gasteiger partial charge in [0.1, 0.15) is 5.75 Å². The van der Waals surface area contributed by atoms with Crippen LogP contribution in [0.25, 0.3) is 0 Å². The summed E-state index contributed by atoms with van der Waals surface area (Å²) in [5, 5.41) is 0. The largest absolute Gasteiger partial charge is 0.495 e. The molecule has 0 atom stereocenters. The number of carbonyl (C=O) groups is 1. The van der Waals surface area contributed by atoms with Crippen LogP contribution in [0, 0.1) is 0 Å². The fraction of sp³-hybridized carbons (Fsp3) is 0.462. The third-order valence-corrected chi connectivity index (χ3v) is 2.57. The van der Waals surface area contributed by atoms with Crippen LogP contribution in [0.5, 0.6) is 5.75 Å². The molecule has 0 saturated heterocycles. The first-order valence-electron chi connectivity index (χ1n) is 5.88. The van der Waals surface area contributed by atoms with Gasteiger partial charge >= 0.3 is 0 Å². The Hall–Kier alpha value is -1.55. The first-order valence-corrected chi connectivity index (χ1v) is 5.88. The average molecular weight is 236 g/mol. The van der Waals surface area contributed by atoms with Crippen molar-refractivity contribution in [2.45, 2.75) is 19.8 Å². The van der Waals surface area contributed by atoms with E-state index in [0.717, 1.165) is 12.1 Å². The Kier molecular flexibility index (Phi) is 5.49. The molecule has 94 valence electrons. The molecule has 1 aromatic rings. The summed E-state index contributed by atoms with van der Waals surface area (Å²) in [6.07, 6.45) is 1.26. The number of carbonyl (C=O) groups excluding carboxylic acids is 1. The van der Waals surface area contributed by atoms with E-state index in [4.69, 9.17) is 10.5 Å². The van der Waals surface area contributed by atoms with Crippen molar-refractivity contribution in [3.05, 3.63) is 24.3 Å². The number of amides is 1. The van der Waals surface area contributed by atoms with Crippen molar-refractivity contribution in [2.75, 3.05) is 25.1 Å². The lowest BCUT2D eigenvalue weighted by atomic mass is 10.2. The normalized spacial score (nSPS) is 10.1. The molecule has 1 rings (SSSR count). The number of nitrogens with two attached hydrogens (primary N) is 1. The summed E-state index contributed by atoms with van der Waals surface area (Å²) >= 11 is 0. The Labute approximate surface area is 102 Å². The van der Waals surface area contributed by atoms with Crippen molar-refractivity contribution in [3.63, 3.8) is 0 Å². The number of nitrogens with zero attached hydrogens (tertiary/aromatic N) is 1. The maximum atomic E-state index is 11.9. The van der Waals surface area contributed by atoms with Gasteiger partial charge in [-0.3, -0.25) is 4.79 Å². The molecule has 0 spiro atoms. The third kappa shape index (κ3) is 3.46. The molecular weight excluding hydrogens is 216 g/mol. The Morgan fingerprint density at radius 3 is 2.71 bits per heavy atom. The summed E-state index contributed by atoms with van der Waals surface area (Å²) in [6.45, 7) is 3.05. The van der Waals surface area contributed by atoms with Gasteiger partial charge < -0.3 is 15.4 Å². The first kappa shape index (κ1) is 13.5. The molecule has 4 nitrogen and oxygen atoms in total. The van der Waals surface area contributed by atoms with Gasteiger partial charge in [0.25, 0.3) is 0 Å². The molecule has 4 heteroatoms. The molecule has 0 bridgehead atoms. The molecule has 0 unspecified atom stereocenters. The van der Waals surface area contributed by atoms with Crippen molar-refractivity contribution in [3.8, 4) is 5.75 Å². The molecule has 0 aliphatic heterocycles. The Bertz CT molecular complexity index is 366. The van der Waals surface area contributed by atoms with Crippen LogP contribution in [0.15, 0.2) is 24.3 Å². The van der Waals surface area contributed by atoms with Crippen molar-refractivity contribution in [2.24, 2.45) is 5.73 Å². The quantitative estimate of drug-likeness (QED) is 0.819. The molecule has 0 aliphatic carbocycles. The number of hydrogen-bond donors (Lipinski definition) is 1. The van der Waals surface area contributed by atoms with Gasteiger partial charge in [0, 0.05) is 13.0 Å². The van der Waals surface area contributed by atoms with Crippen molar-refractivity contribution in [1.82, 2.24) is 0 Å². The zero-order valence-electron chi connectivity index (χ0n) is 10.5. The summed E-state index contributed by atoms with van der Waals surface area (Å²) in [5.41, 5.74) is 6.31. The van der Waals surface area contributed by atoms with E-state index >= 15 is 0 Å². The molecule has 0 heterocycles. The first-order chi connectivity index (χ1) is 8.24. The number of methoxy groups -OCH3 is 1. The topological polar surface area (TPSA) is 55.6 Å². The highest BCUT2D eigenvalue weighted by Gasteiger charge is 2.16. The zero-order chi connectivity index (χ0) is 12.7. The number of anilines is 1. The maximum absolute atomic E-state index is 11.9. The van der Waals surface area contributed by atoms with Gasteiger partial charge in [-0.1, -0.05) is 19.1 Å². The minimum atomic E-state index is 0.0861. The summed E-state index contributed by atoms with van der Waals surface area (Å²) in [7, 11) is 1.61. The summed E-state index contributed by atoms with van der Waals surface area (Å²) in [4.78, 5) is 13.7. The van der Waals surface area contributed by atoms with Crippen LogP contribution in [0.1, 0.15) is 19.8 Å². The van der Waals surface area contributed by atoms with Crippen LogP contribution in [-0.4, -0.2) is 26.1 Å². The standard InChI is InChI=1S/C13H20N2O2/c1-3-13(16)15(10-6-9-14)11-7-4-5-8-12(11)17-2/h4-5,7-8H,3,6,9-10,14H2,1-2H3. The number of para-hydroxylation sites is 2. The molecule has 0 aromatic heterocycles. The van der Waals surface area contributed by atoms with Crippen LogP contribution in [-0.2, 0) is 4.79 Å². The smallest absolute Gasteiger partial charge is 0.226 e. The second kappa shape index (κ2) is 6.91. The molecule has 0 aliphatic rings. The van der Waals surface area contributed by atoms with Gasteiger partial charge in [-0.05, 0) is 25.1 Å². The molecule has 0 saturated carbocycles. The highest BCUT2D eigenvalue weighted by molar-refractivity contribution is 5.94. The van der Waals surface area contributed by atoms with Crippen LogP contribution in [0.2, 0.25) is 0 Å². The Morgan fingerprint density at radius 1 is 1.41 bits per heavy atom. The molecular formula is C13H20N2O2. The number of hydrogen-bond acceptors (Lipinski definition) is 3. The predicted molar refractivity (Wildman–Crippen MR) is 69.3 cm³/mol. The Morgan fingerprint density at radius 2 is 2.12 bits per heavy atom. The minimum absolute atomic E-state index is 0.0861. The number of benzene rings is 1. The van der Waals surface area contributed by atoms with E-state index in [9.17, 15) is 4.79 Å². The van der Waals surface area contributed by atoms with Gasteiger partial charge in [0.05, 0.1) is 12.8 Å². The molecule has 0 radical (unpaired) electrons. The fourth-order valence-electron chi connectivity index (χ4n) is 1.67. The SMILES string of the molecule is CCC(=O)N(CCCN)c1ccccc1OC. The lowest BCUT2D eigenvalue weighted by Gasteiger charge is -2.24.